The number of amides is 2. The van der Waals surface area contributed by atoms with Crippen molar-refractivity contribution in [3.05, 3.63) is 29.8 Å². The van der Waals surface area contributed by atoms with E-state index in [9.17, 15) is 9.59 Å². The monoisotopic (exact) mass is 408 g/mol. The highest BCUT2D eigenvalue weighted by atomic mass is 32.2. The van der Waals surface area contributed by atoms with Crippen molar-refractivity contribution < 1.29 is 9.59 Å². The van der Waals surface area contributed by atoms with Gasteiger partial charge in [-0.2, -0.15) is 0 Å². The predicted octanol–water partition coefficient (Wildman–Crippen LogP) is 2.26. The summed E-state index contributed by atoms with van der Waals surface area (Å²) in [5.41, 5.74) is 2.02. The summed E-state index contributed by atoms with van der Waals surface area (Å²) in [6.45, 7) is 5.74. The van der Waals surface area contributed by atoms with Gasteiger partial charge >= 0.3 is 0 Å². The number of anilines is 1. The first-order valence-corrected chi connectivity index (χ1v) is 10.5. The van der Waals surface area contributed by atoms with E-state index in [-0.39, 0.29) is 11.8 Å². The minimum absolute atomic E-state index is 0.0652. The summed E-state index contributed by atoms with van der Waals surface area (Å²) < 4.78 is 0.738. The van der Waals surface area contributed by atoms with Crippen LogP contribution in [0.2, 0.25) is 0 Å². The first-order valence-electron chi connectivity index (χ1n) is 9.06. The topological polar surface area (TPSA) is 55.9 Å². The molecule has 8 heteroatoms. The largest absolute Gasteiger partial charge is 0.364 e. The summed E-state index contributed by atoms with van der Waals surface area (Å²) in [6.07, 6.45) is 0.971. The Bertz CT molecular complexity index is 664. The molecule has 2 amide bonds. The molecule has 148 valence electrons. The molecule has 1 heterocycles. The molecule has 1 saturated heterocycles. The van der Waals surface area contributed by atoms with Crippen LogP contribution in [-0.4, -0.2) is 76.9 Å². The molecule has 1 N–H and O–H groups in total. The third kappa shape index (κ3) is 7.48. The van der Waals surface area contributed by atoms with Crippen LogP contribution in [0, 0.1) is 0 Å². The zero-order chi connectivity index (χ0) is 19.8. The number of rotatable bonds is 5. The summed E-state index contributed by atoms with van der Waals surface area (Å²) in [6, 6.07) is 7.93. The smallest absolute Gasteiger partial charge is 0.233 e. The number of nitrogens with zero attached hydrogens (tertiary/aromatic N) is 3. The van der Waals surface area contributed by atoms with Gasteiger partial charge in [-0.25, -0.2) is 0 Å². The second-order valence-electron chi connectivity index (χ2n) is 6.84. The average Bonchev–Trinajstić information content (AvgIpc) is 2.86. The third-order valence-electron chi connectivity index (χ3n) is 4.31. The van der Waals surface area contributed by atoms with Crippen LogP contribution in [0.4, 0.5) is 5.69 Å². The molecule has 0 atom stereocenters. The fourth-order valence-electron chi connectivity index (χ4n) is 2.88. The molecule has 1 fully saturated rings. The average molecular weight is 409 g/mol. The quantitative estimate of drug-likeness (QED) is 0.755. The lowest BCUT2D eigenvalue weighted by Crippen LogP contribution is -2.36. The Morgan fingerprint density at radius 2 is 1.85 bits per heavy atom. The maximum absolute atomic E-state index is 12.4. The van der Waals surface area contributed by atoms with Crippen LogP contribution >= 0.6 is 24.0 Å². The standard InChI is InChI=1S/C19H28N4O2S2/c1-15(24)20-17-7-5-16(6-8-17)13-22-9-4-10-23(12-11-22)18(25)14-27-19(26)21(2)3/h5-8H,4,9-14H2,1-3H3,(H,20,24). The number of hydrogen-bond acceptors (Lipinski definition) is 5. The highest BCUT2D eigenvalue weighted by molar-refractivity contribution is 8.23. The Labute approximate surface area is 171 Å². The van der Waals surface area contributed by atoms with Gasteiger partial charge in [0.1, 0.15) is 4.32 Å². The normalized spacial score (nSPS) is 15.1. The minimum atomic E-state index is -0.0652. The van der Waals surface area contributed by atoms with Gasteiger partial charge in [-0.15, -0.1) is 0 Å². The summed E-state index contributed by atoms with van der Waals surface area (Å²) >= 11 is 6.66. The second kappa shape index (κ2) is 10.6. The van der Waals surface area contributed by atoms with Crippen LogP contribution in [0.15, 0.2) is 24.3 Å². The number of thioether (sulfide) groups is 1. The van der Waals surface area contributed by atoms with Crippen molar-refractivity contribution in [2.45, 2.75) is 19.9 Å². The molecule has 1 aliphatic rings. The van der Waals surface area contributed by atoms with Crippen molar-refractivity contribution in [3.8, 4) is 0 Å². The molecular formula is C19H28N4O2S2. The van der Waals surface area contributed by atoms with Crippen molar-refractivity contribution in [1.82, 2.24) is 14.7 Å². The van der Waals surface area contributed by atoms with Gasteiger partial charge < -0.3 is 15.1 Å². The van der Waals surface area contributed by atoms with E-state index in [0.29, 0.717) is 5.75 Å². The molecule has 27 heavy (non-hydrogen) atoms. The number of carbonyl (C=O) groups is 2. The molecule has 0 unspecified atom stereocenters. The van der Waals surface area contributed by atoms with Gasteiger partial charge in [0.2, 0.25) is 11.8 Å². The van der Waals surface area contributed by atoms with Crippen molar-refractivity contribution in [2.24, 2.45) is 0 Å². The molecule has 1 aromatic carbocycles. The maximum Gasteiger partial charge on any atom is 0.233 e. The molecular weight excluding hydrogens is 380 g/mol. The first-order chi connectivity index (χ1) is 12.8. The molecule has 1 aliphatic heterocycles. The maximum atomic E-state index is 12.4. The Morgan fingerprint density at radius 1 is 1.15 bits per heavy atom. The van der Waals surface area contributed by atoms with Crippen molar-refractivity contribution >= 4 is 45.8 Å². The summed E-state index contributed by atoms with van der Waals surface area (Å²) in [5, 5.41) is 2.78. The van der Waals surface area contributed by atoms with Gasteiger partial charge in [0, 0.05) is 59.4 Å². The molecule has 0 radical (unpaired) electrons. The molecule has 0 aliphatic carbocycles. The number of thiocarbonyl (C=S) groups is 1. The zero-order valence-electron chi connectivity index (χ0n) is 16.2. The van der Waals surface area contributed by atoms with E-state index < -0.39 is 0 Å². The van der Waals surface area contributed by atoms with Crippen molar-refractivity contribution in [2.75, 3.05) is 51.3 Å². The highest BCUT2D eigenvalue weighted by Gasteiger charge is 2.19. The van der Waals surface area contributed by atoms with E-state index in [1.807, 2.05) is 48.2 Å². The molecule has 6 nitrogen and oxygen atoms in total. The SMILES string of the molecule is CC(=O)Nc1ccc(CN2CCCN(C(=O)CSC(=S)N(C)C)CC2)cc1. The van der Waals surface area contributed by atoms with Crippen LogP contribution in [-0.2, 0) is 16.1 Å². The molecule has 1 aromatic rings. The minimum Gasteiger partial charge on any atom is -0.364 e. The lowest BCUT2D eigenvalue weighted by molar-refractivity contribution is -0.128. The Hall–Kier alpha value is -1.64. The molecule has 0 spiro atoms. The predicted molar refractivity (Wildman–Crippen MR) is 116 cm³/mol. The number of carbonyl (C=O) groups excluding carboxylic acids is 2. The van der Waals surface area contributed by atoms with E-state index >= 15 is 0 Å². The summed E-state index contributed by atoms with van der Waals surface area (Å²) in [4.78, 5) is 29.7. The van der Waals surface area contributed by atoms with Crippen LogP contribution in [0.1, 0.15) is 18.9 Å². The number of hydrogen-bond donors (Lipinski definition) is 1. The number of nitrogens with one attached hydrogen (secondary N) is 1. The van der Waals surface area contributed by atoms with Crippen LogP contribution in [0.3, 0.4) is 0 Å². The van der Waals surface area contributed by atoms with E-state index in [1.54, 1.807) is 0 Å². The van der Waals surface area contributed by atoms with Crippen LogP contribution in [0.25, 0.3) is 0 Å². The van der Waals surface area contributed by atoms with Gasteiger partial charge in [0.25, 0.3) is 0 Å². The summed E-state index contributed by atoms with van der Waals surface area (Å²) in [7, 11) is 3.79. The summed E-state index contributed by atoms with van der Waals surface area (Å²) in [5.74, 6) is 0.497. The van der Waals surface area contributed by atoms with E-state index in [1.165, 1.54) is 24.2 Å². The van der Waals surface area contributed by atoms with Gasteiger partial charge in [-0.3, -0.25) is 14.5 Å². The molecule has 0 aromatic heterocycles. The lowest BCUT2D eigenvalue weighted by Gasteiger charge is -2.22. The van der Waals surface area contributed by atoms with E-state index in [2.05, 4.69) is 10.2 Å². The first kappa shape index (κ1) is 21.7. The Kier molecular flexibility index (Phi) is 8.53. The Morgan fingerprint density at radius 3 is 2.48 bits per heavy atom. The van der Waals surface area contributed by atoms with Crippen LogP contribution < -0.4 is 5.32 Å². The van der Waals surface area contributed by atoms with Gasteiger partial charge in [0.15, 0.2) is 0 Å². The molecule has 2 rings (SSSR count). The van der Waals surface area contributed by atoms with Crippen molar-refractivity contribution in [1.29, 1.82) is 0 Å². The molecule has 0 bridgehead atoms. The van der Waals surface area contributed by atoms with Gasteiger partial charge in [-0.1, -0.05) is 36.1 Å². The zero-order valence-corrected chi connectivity index (χ0v) is 17.9. The second-order valence-corrected chi connectivity index (χ2v) is 8.45. The van der Waals surface area contributed by atoms with Crippen molar-refractivity contribution in [3.63, 3.8) is 0 Å². The molecule has 0 saturated carbocycles. The lowest BCUT2D eigenvalue weighted by atomic mass is 10.2. The Balaban J connectivity index is 1.81. The number of benzene rings is 1. The van der Waals surface area contributed by atoms with E-state index in [0.717, 1.165) is 49.2 Å². The highest BCUT2D eigenvalue weighted by Crippen LogP contribution is 2.14. The van der Waals surface area contributed by atoms with Gasteiger partial charge in [-0.05, 0) is 24.1 Å². The van der Waals surface area contributed by atoms with E-state index in [4.69, 9.17) is 12.2 Å². The fourth-order valence-corrected chi connectivity index (χ4v) is 3.74. The van der Waals surface area contributed by atoms with Crippen LogP contribution in [0.5, 0.6) is 0 Å². The van der Waals surface area contributed by atoms with Gasteiger partial charge in [0.05, 0.1) is 5.75 Å². The third-order valence-corrected chi connectivity index (χ3v) is 6.03. The fraction of sp³-hybridized carbons (Fsp3) is 0.526.